The highest BCUT2D eigenvalue weighted by Crippen LogP contribution is 2.40. The number of nitrogens with one attached hydrogen (secondary N) is 3. The SMILES string of the molecule is C.Nc1nnc(-c2ccccc2O)cc1-c1cnn(C2CCN(CCCCCc3cccc4c3c3cccnc3n4C3CCC(=O)NC3=O)CC2)c1.Nc1nnc(-c2ccccc2O)cc1-c1cnn(C2CCNCC2)c1.O=CCCCCc1cccc2c1c1cccnc1n2C1CCC(=O)NC1=O. The van der Waals surface area contributed by atoms with Crippen LogP contribution in [0.5, 0.6) is 11.5 Å². The van der Waals surface area contributed by atoms with E-state index >= 15 is 0 Å². The molecule has 4 aliphatic heterocycles. The van der Waals surface area contributed by atoms with Gasteiger partial charge < -0.3 is 45.8 Å². The number of unbranched alkanes of at least 4 members (excludes halogenated alkanes) is 4. The summed E-state index contributed by atoms with van der Waals surface area (Å²) in [5.41, 5.74) is 23.9. The molecule has 12 heterocycles. The van der Waals surface area contributed by atoms with E-state index in [1.807, 2.05) is 99.3 Å². The zero-order valence-corrected chi connectivity index (χ0v) is 57.2. The highest BCUT2D eigenvalue weighted by Gasteiger charge is 2.34. The summed E-state index contributed by atoms with van der Waals surface area (Å²) in [5, 5.41) is 58.8. The van der Waals surface area contributed by atoms with E-state index in [2.05, 4.69) is 91.3 Å². The van der Waals surface area contributed by atoms with Crippen LogP contribution in [-0.4, -0.2) is 137 Å². The third-order valence-electron chi connectivity index (χ3n) is 20.3. The molecule has 534 valence electrons. The second-order valence-corrected chi connectivity index (χ2v) is 26.8. The first-order chi connectivity index (χ1) is 50.4. The van der Waals surface area contributed by atoms with Gasteiger partial charge in [0, 0.05) is 112 Å². The Morgan fingerprint density at radius 2 is 1.00 bits per heavy atom. The van der Waals surface area contributed by atoms with Crippen LogP contribution in [-0.2, 0) is 36.8 Å². The minimum atomic E-state index is -0.450. The number of carbonyl (C=O) groups is 5. The van der Waals surface area contributed by atoms with E-state index in [1.165, 1.54) is 11.1 Å². The lowest BCUT2D eigenvalue weighted by molar-refractivity contribution is -0.137. The summed E-state index contributed by atoms with van der Waals surface area (Å²) in [6.45, 7) is 5.16. The number of phenols is 2. The number of rotatable bonds is 19. The molecule has 8 aromatic heterocycles. The van der Waals surface area contributed by atoms with Gasteiger partial charge in [0.2, 0.25) is 23.6 Å². The molecular formula is C79H86N18O7. The molecule has 104 heavy (non-hydrogen) atoms. The fourth-order valence-electron chi connectivity index (χ4n) is 15.0. The topological polar surface area (TPSA) is 340 Å². The highest BCUT2D eigenvalue weighted by atomic mass is 16.3. The summed E-state index contributed by atoms with van der Waals surface area (Å²) < 4.78 is 8.07. The lowest BCUT2D eigenvalue weighted by Gasteiger charge is -2.32. The number of carbonyl (C=O) groups excluding carboxylic acids is 5. The van der Waals surface area contributed by atoms with E-state index in [1.54, 1.807) is 42.7 Å². The molecule has 12 aromatic rings. The number of nitrogens with zero attached hydrogens (tertiary/aromatic N) is 13. The van der Waals surface area contributed by atoms with Crippen molar-refractivity contribution < 1.29 is 34.2 Å². The van der Waals surface area contributed by atoms with Gasteiger partial charge in [0.25, 0.3) is 0 Å². The summed E-state index contributed by atoms with van der Waals surface area (Å²) in [7, 11) is 0. The third-order valence-corrected chi connectivity index (χ3v) is 20.3. The van der Waals surface area contributed by atoms with E-state index in [0.717, 1.165) is 176 Å². The molecule has 16 rings (SSSR count). The maximum atomic E-state index is 12.9. The summed E-state index contributed by atoms with van der Waals surface area (Å²) in [4.78, 5) is 71.1. The number of hydrogen-bond acceptors (Lipinski definition) is 19. The van der Waals surface area contributed by atoms with Crippen LogP contribution >= 0.6 is 0 Å². The first kappa shape index (κ1) is 70.8. The summed E-state index contributed by atoms with van der Waals surface area (Å²) in [5.74, 6) is 0.0286. The molecule has 0 saturated carbocycles. The number of likely N-dealkylation sites (tertiary alicyclic amines) is 1. The predicted octanol–water partition coefficient (Wildman–Crippen LogP) is 11.8. The van der Waals surface area contributed by atoms with Gasteiger partial charge in [0.1, 0.15) is 41.2 Å². The van der Waals surface area contributed by atoms with E-state index in [9.17, 15) is 34.2 Å². The van der Waals surface area contributed by atoms with Gasteiger partial charge in [-0.05, 0) is 181 Å². The van der Waals surface area contributed by atoms with Crippen LogP contribution in [0.2, 0.25) is 0 Å². The fourth-order valence-corrected chi connectivity index (χ4v) is 15.0. The number of nitrogens with two attached hydrogens (primary N) is 2. The van der Waals surface area contributed by atoms with Gasteiger partial charge in [0.05, 0.1) is 46.9 Å². The molecule has 4 saturated heterocycles. The number of fused-ring (bicyclic) bond motifs is 6. The summed E-state index contributed by atoms with van der Waals surface area (Å²) in [6.07, 6.45) is 25.5. The van der Waals surface area contributed by atoms with E-state index in [-0.39, 0.29) is 42.6 Å². The minimum Gasteiger partial charge on any atom is -0.507 e. The number of anilines is 2. The Balaban J connectivity index is 0.000000152. The number of aromatic nitrogens is 12. The van der Waals surface area contributed by atoms with Crippen molar-refractivity contribution in [3.63, 3.8) is 0 Å². The van der Waals surface area contributed by atoms with Crippen LogP contribution in [0, 0.1) is 0 Å². The Labute approximate surface area is 601 Å². The summed E-state index contributed by atoms with van der Waals surface area (Å²) >= 11 is 0. The number of nitrogen functional groups attached to an aromatic ring is 2. The van der Waals surface area contributed by atoms with E-state index in [4.69, 9.17) is 16.6 Å². The molecule has 0 radical (unpaired) electrons. The van der Waals surface area contributed by atoms with Crippen LogP contribution in [0.1, 0.15) is 133 Å². The molecule has 4 fully saturated rings. The molecule has 2 atom stereocenters. The highest BCUT2D eigenvalue weighted by molar-refractivity contribution is 6.12. The molecule has 25 nitrogen and oxygen atoms in total. The Morgan fingerprint density at radius 3 is 1.48 bits per heavy atom. The van der Waals surface area contributed by atoms with Gasteiger partial charge in [-0.25, -0.2) is 9.97 Å². The van der Waals surface area contributed by atoms with Crippen LogP contribution in [0.15, 0.2) is 159 Å². The first-order valence-corrected chi connectivity index (χ1v) is 35.6. The van der Waals surface area contributed by atoms with Crippen molar-refractivity contribution in [1.82, 2.24) is 79.9 Å². The van der Waals surface area contributed by atoms with Gasteiger partial charge in [0.15, 0.2) is 11.6 Å². The standard InChI is InChI=1S/C39H41N9O3.C21H21N3O3.C18H20N6O.CH4/c40-37-30(22-31(44-45-37)28-10-3-4-13-34(28)49)26-23-42-47(24-26)27-16-20-46(21-17-27)19-5-1-2-8-25-9-6-12-32-36(25)29-11-7-18-41-38(29)48(32)33-14-15-35(50)43-39(33)51;25-13-3-1-2-6-14-7-4-9-16-19(14)15-8-5-12-22-20(15)24(16)17-10-11-18(26)23-21(17)27;19-18-15(9-16(22-23-18)14-3-1-2-4-17(14)25)12-10-21-24(11-12)13-5-7-20-8-6-13;/h3-4,6-7,9-13,18,22-24,27,33,49H,1-2,5,8,14-17,19-21H2,(H2,40,45)(H,43,50,51);4-5,7-9,12-13,17H,1-3,6,10-11H2,(H,23,26,27);1-4,9-11,13,20,25H,5-8H2,(H2,19,23);1H4. The maximum Gasteiger partial charge on any atom is 0.249 e. The quantitative estimate of drug-likeness (QED) is 0.0225. The number of imide groups is 2. The molecule has 2 unspecified atom stereocenters. The molecule has 4 aromatic carbocycles. The number of aldehydes is 1. The maximum absolute atomic E-state index is 12.9. The Morgan fingerprint density at radius 1 is 0.519 bits per heavy atom. The predicted molar refractivity (Wildman–Crippen MR) is 401 cm³/mol. The lowest BCUT2D eigenvalue weighted by atomic mass is 10.0. The first-order valence-electron chi connectivity index (χ1n) is 35.6. The van der Waals surface area contributed by atoms with Crippen LogP contribution < -0.4 is 27.4 Å². The number of aryl methyl sites for hydroxylation is 2. The molecule has 25 heteroatoms. The smallest absolute Gasteiger partial charge is 0.249 e. The molecule has 0 bridgehead atoms. The number of aromatic hydroxyl groups is 2. The second kappa shape index (κ2) is 32.2. The third kappa shape index (κ3) is 15.2. The molecule has 0 aliphatic carbocycles. The van der Waals surface area contributed by atoms with Gasteiger partial charge in [-0.2, -0.15) is 10.2 Å². The average Bonchev–Trinajstić information content (AvgIpc) is 1.59. The van der Waals surface area contributed by atoms with Crippen LogP contribution in [0.25, 0.3) is 88.6 Å². The Kier molecular flexibility index (Phi) is 21.9. The number of amides is 4. The van der Waals surface area contributed by atoms with E-state index < -0.39 is 12.1 Å². The van der Waals surface area contributed by atoms with Crippen molar-refractivity contribution in [1.29, 1.82) is 0 Å². The Bertz CT molecular complexity index is 5100. The van der Waals surface area contributed by atoms with Crippen molar-refractivity contribution in [3.8, 4) is 56.3 Å². The number of para-hydroxylation sites is 2. The van der Waals surface area contributed by atoms with E-state index in [0.29, 0.717) is 78.3 Å². The van der Waals surface area contributed by atoms with Crippen molar-refractivity contribution in [2.45, 2.75) is 134 Å². The van der Waals surface area contributed by atoms with Crippen LogP contribution in [0.4, 0.5) is 11.6 Å². The number of hydrogen-bond donors (Lipinski definition) is 7. The van der Waals surface area contributed by atoms with Crippen LogP contribution in [0.3, 0.4) is 0 Å². The van der Waals surface area contributed by atoms with Crippen molar-refractivity contribution in [3.05, 3.63) is 170 Å². The molecule has 4 aliphatic rings. The molecule has 9 N–H and O–H groups in total. The van der Waals surface area contributed by atoms with Gasteiger partial charge >= 0.3 is 0 Å². The normalized spacial score (nSPS) is 16.7. The molecule has 0 spiro atoms. The van der Waals surface area contributed by atoms with Crippen molar-refractivity contribution >= 4 is 85.4 Å². The van der Waals surface area contributed by atoms with Gasteiger partial charge in [-0.1, -0.05) is 62.4 Å². The minimum absolute atomic E-state index is 0. The largest absolute Gasteiger partial charge is 0.507 e. The zero-order valence-electron chi connectivity index (χ0n) is 57.2. The summed E-state index contributed by atoms with van der Waals surface area (Å²) in [6, 6.07) is 38.1. The fraction of sp³-hybridized carbons (Fsp3) is 0.329. The van der Waals surface area contributed by atoms with Gasteiger partial charge in [-0.15, -0.1) is 20.4 Å². The second-order valence-electron chi connectivity index (χ2n) is 26.8. The Hall–Kier alpha value is -11.6. The number of phenolic OH excluding ortho intramolecular Hbond substituents is 2. The molecular weight excluding hydrogens is 1310 g/mol. The monoisotopic (exact) mass is 1400 g/mol. The number of benzene rings is 4. The average molecular weight is 1400 g/mol. The lowest BCUT2D eigenvalue weighted by Crippen LogP contribution is -2.41. The number of pyridine rings is 2. The van der Waals surface area contributed by atoms with Crippen molar-refractivity contribution in [2.24, 2.45) is 0 Å². The number of piperidine rings is 4. The zero-order chi connectivity index (χ0) is 70.9. The molecule has 4 amide bonds. The van der Waals surface area contributed by atoms with Gasteiger partial charge in [-0.3, -0.25) is 39.2 Å². The van der Waals surface area contributed by atoms with Crippen molar-refractivity contribution in [2.75, 3.05) is 44.2 Å².